The van der Waals surface area contributed by atoms with Crippen LogP contribution < -0.4 is 5.32 Å². The standard InChI is InChI=1S/C51H85NO40S/c53-4-12-20(61)21(62)29(70)44(79-12)92-43-18(10-59)85-51(36(77)28(43)69)93-2-1-19(60)52-3-11-37-22(63)30(71)45(78-11)87-38-13(5-54)81-47(32(73)24(38)65)89-40-15(7-56)83-49(34(75)26(40)67)91-42-17(9-58)84-50(35(76)27(42)68)90-41-16(8-57)82-48(33(74)25(41)66)88-39-14(6-55)80-46(86-37)31(72)23(39)64/h11-18,20-51,53-59,61-77H,1-10H2,(H,52,60)/t11-,12-,13-,14-,15-,16-,17-,18-,20+,21+,22-,23-,24-,25-,26-,27-,28-,29-,30-,31-,32-,33-,34-,35-,36-,37-,38-,39-,40-,41-,42-,43-,44+,45-,46-,47-,48-,49-,50-,51+/m1/s1. The lowest BCUT2D eigenvalue weighted by atomic mass is 9.94. The van der Waals surface area contributed by atoms with Crippen molar-refractivity contribution in [2.24, 2.45) is 0 Å². The molecule has 0 unspecified atom stereocenters. The van der Waals surface area contributed by atoms with E-state index in [2.05, 4.69) is 5.32 Å². The van der Waals surface area contributed by atoms with Gasteiger partial charge in [0.05, 0.1) is 46.2 Å². The Morgan fingerprint density at radius 1 is 0.301 bits per heavy atom. The predicted octanol–water partition coefficient (Wildman–Crippen LogP) is -17.2. The second-order valence-corrected chi connectivity index (χ2v) is 24.8. The molecule has 24 fully saturated rings. The largest absolute Gasteiger partial charge is 0.394 e. The van der Waals surface area contributed by atoms with Crippen LogP contribution in [0.3, 0.4) is 0 Å². The van der Waals surface area contributed by atoms with E-state index in [-0.39, 0.29) is 5.75 Å². The van der Waals surface area contributed by atoms with Gasteiger partial charge in [0.25, 0.3) is 0 Å². The van der Waals surface area contributed by atoms with E-state index < -0.39 is 310 Å². The fourth-order valence-electron chi connectivity index (χ4n) is 12.2. The molecule has 1 amide bonds. The number of hydrogen-bond acceptors (Lipinski definition) is 41. The molecule has 40 atom stereocenters. The first-order valence-corrected chi connectivity index (χ1v) is 30.8. The van der Waals surface area contributed by atoms with E-state index in [1.54, 1.807) is 0 Å². The number of ether oxygens (including phenoxy) is 15. The zero-order valence-corrected chi connectivity index (χ0v) is 49.7. The van der Waals surface area contributed by atoms with Crippen molar-refractivity contribution in [3.8, 4) is 0 Å². The van der Waals surface area contributed by atoms with Crippen molar-refractivity contribution in [2.75, 3.05) is 58.5 Å². The molecule has 0 aromatic carbocycles. The number of aliphatic hydroxyl groups excluding tert-OH is 24. The molecule has 0 saturated carbocycles. The molecular weight excluding hydrogens is 1300 g/mol. The minimum Gasteiger partial charge on any atom is -0.394 e. The van der Waals surface area contributed by atoms with Crippen molar-refractivity contribution in [2.45, 2.75) is 251 Å². The molecule has 0 radical (unpaired) electrons. The van der Waals surface area contributed by atoms with Gasteiger partial charge >= 0.3 is 0 Å². The first-order chi connectivity index (χ1) is 44.2. The maximum absolute atomic E-state index is 13.6. The first kappa shape index (κ1) is 75.5. The van der Waals surface area contributed by atoms with Crippen molar-refractivity contribution < 1.29 is 198 Å². The summed E-state index contributed by atoms with van der Waals surface area (Å²) in [5, 5.41) is 266. The smallest absolute Gasteiger partial charge is 0.220 e. The zero-order valence-electron chi connectivity index (χ0n) is 48.8. The molecule has 24 saturated heterocycles. The Bertz CT molecular complexity index is 2300. The van der Waals surface area contributed by atoms with Crippen LogP contribution in [0.25, 0.3) is 0 Å². The van der Waals surface area contributed by atoms with Crippen LogP contribution in [-0.2, 0) is 75.8 Å². The Balaban J connectivity index is 0.941. The Morgan fingerprint density at radius 2 is 0.602 bits per heavy atom. The summed E-state index contributed by atoms with van der Waals surface area (Å²) in [5.41, 5.74) is -1.38. The molecule has 42 heteroatoms. The summed E-state index contributed by atoms with van der Waals surface area (Å²) in [6.07, 6.45) is -77.9. The van der Waals surface area contributed by atoms with Crippen molar-refractivity contribution in [3.05, 3.63) is 0 Å². The average molecular weight is 1380 g/mol. The van der Waals surface area contributed by atoms with Gasteiger partial charge in [0.15, 0.2) is 44.0 Å². The minimum absolute atomic E-state index is 0.229. The van der Waals surface area contributed by atoms with Crippen molar-refractivity contribution in [1.29, 1.82) is 0 Å². The van der Waals surface area contributed by atoms with Gasteiger partial charge in [0.1, 0.15) is 201 Å². The van der Waals surface area contributed by atoms with Crippen molar-refractivity contribution in [3.63, 3.8) is 0 Å². The maximum Gasteiger partial charge on any atom is 0.220 e. The summed E-state index contributed by atoms with van der Waals surface area (Å²) < 4.78 is 86.1. The number of aliphatic hydroxyl groups is 24. The highest BCUT2D eigenvalue weighted by Gasteiger charge is 2.60. The van der Waals surface area contributed by atoms with Crippen LogP contribution in [0.1, 0.15) is 6.42 Å². The molecule has 41 nitrogen and oxygen atoms in total. The fraction of sp³-hybridized carbons (Fsp3) is 0.980. The molecule has 0 spiro atoms. The molecule has 0 aliphatic carbocycles. The Morgan fingerprint density at radius 3 is 0.914 bits per heavy atom. The van der Waals surface area contributed by atoms with E-state index in [0.717, 1.165) is 11.8 Å². The molecule has 24 heterocycles. The highest BCUT2D eigenvalue weighted by Crippen LogP contribution is 2.39. The molecule has 24 aliphatic heterocycles. The number of amides is 1. The molecule has 93 heavy (non-hydrogen) atoms. The van der Waals surface area contributed by atoms with E-state index in [4.69, 9.17) is 71.1 Å². The topological polar surface area (TPSA) is 653 Å². The first-order valence-electron chi connectivity index (χ1n) is 29.8. The van der Waals surface area contributed by atoms with Gasteiger partial charge in [-0.05, 0) is 0 Å². The quantitative estimate of drug-likeness (QED) is 0.0724. The molecule has 24 aliphatic rings. The Kier molecular flexibility index (Phi) is 26.5. The Labute approximate surface area is 530 Å². The van der Waals surface area contributed by atoms with E-state index in [1.807, 2.05) is 0 Å². The fourth-order valence-corrected chi connectivity index (χ4v) is 13.3. The van der Waals surface area contributed by atoms with E-state index in [9.17, 15) is 127 Å². The van der Waals surface area contributed by atoms with Gasteiger partial charge in [0, 0.05) is 18.7 Å². The highest BCUT2D eigenvalue weighted by atomic mass is 32.2. The van der Waals surface area contributed by atoms with Crippen LogP contribution in [0.4, 0.5) is 0 Å². The third-order valence-corrected chi connectivity index (χ3v) is 18.7. The van der Waals surface area contributed by atoms with Gasteiger partial charge in [-0.1, -0.05) is 0 Å². The maximum atomic E-state index is 13.6. The van der Waals surface area contributed by atoms with Crippen LogP contribution >= 0.6 is 11.8 Å². The number of carbonyl (C=O) groups is 1. The molecule has 0 aromatic heterocycles. The number of carbonyl (C=O) groups excluding carboxylic acids is 1. The summed E-state index contributed by atoms with van der Waals surface area (Å²) in [6, 6.07) is 0. The summed E-state index contributed by atoms with van der Waals surface area (Å²) in [6.45, 7) is -7.83. The average Bonchev–Trinajstić information content (AvgIpc) is 0.884. The molecule has 25 N–H and O–H groups in total. The number of hydrogen-bond donors (Lipinski definition) is 25. The number of rotatable bonds is 15. The summed E-state index contributed by atoms with van der Waals surface area (Å²) in [4.78, 5) is 13.6. The van der Waals surface area contributed by atoms with Crippen LogP contribution in [-0.4, -0.2) is 432 Å². The molecule has 12 bridgehead atoms. The monoisotopic (exact) mass is 1380 g/mol. The summed E-state index contributed by atoms with van der Waals surface area (Å²) in [5.74, 6) is -1.07. The third kappa shape index (κ3) is 15.8. The van der Waals surface area contributed by atoms with E-state index in [0.29, 0.717) is 0 Å². The van der Waals surface area contributed by atoms with Crippen molar-refractivity contribution >= 4 is 17.7 Å². The summed E-state index contributed by atoms with van der Waals surface area (Å²) >= 11 is 0.750. The van der Waals surface area contributed by atoms with Crippen LogP contribution in [0, 0.1) is 0 Å². The van der Waals surface area contributed by atoms with E-state index >= 15 is 0 Å². The second kappa shape index (κ2) is 32.7. The second-order valence-electron chi connectivity index (χ2n) is 23.6. The van der Waals surface area contributed by atoms with Crippen LogP contribution in [0.15, 0.2) is 0 Å². The molecule has 0 aromatic rings. The van der Waals surface area contributed by atoms with Gasteiger partial charge in [-0.3, -0.25) is 4.79 Å². The van der Waals surface area contributed by atoms with Gasteiger partial charge in [-0.2, -0.15) is 0 Å². The third-order valence-electron chi connectivity index (χ3n) is 17.6. The number of nitrogens with one attached hydrogen (secondary N) is 1. The van der Waals surface area contributed by atoms with E-state index in [1.165, 1.54) is 0 Å². The van der Waals surface area contributed by atoms with Gasteiger partial charge in [-0.25, -0.2) is 0 Å². The van der Waals surface area contributed by atoms with Crippen LogP contribution in [0.5, 0.6) is 0 Å². The predicted molar refractivity (Wildman–Crippen MR) is 285 cm³/mol. The lowest BCUT2D eigenvalue weighted by Gasteiger charge is -2.50. The van der Waals surface area contributed by atoms with Crippen LogP contribution in [0.2, 0.25) is 0 Å². The van der Waals surface area contributed by atoms with Crippen molar-refractivity contribution in [1.82, 2.24) is 5.32 Å². The molecule has 24 rings (SSSR count). The van der Waals surface area contributed by atoms with Gasteiger partial charge in [0.2, 0.25) is 5.91 Å². The van der Waals surface area contributed by atoms with Gasteiger partial charge < -0.3 is 199 Å². The minimum atomic E-state index is -2.31. The molecular formula is C51H85NO40S. The zero-order chi connectivity index (χ0) is 67.8. The molecule has 540 valence electrons. The lowest BCUT2D eigenvalue weighted by Crippen LogP contribution is -2.69. The van der Waals surface area contributed by atoms with Gasteiger partial charge in [-0.15, -0.1) is 11.8 Å². The Hall–Kier alpha value is -1.74. The SMILES string of the molecule is O=C(CCS[C@@H]1O[C@H](CO)[C@@H](O[C@@H]2O[C@H](CO)[C@H](O)[C@H](O)[C@H]2O)[C@H](O)[C@H]1O)NC[C@H]1O[C@@H]2O[C@H]3[C@H](O)[C@@H](O)[C@@H](O[C@H]4[C@H](O)[C@@H](O)[C@@H](O[C@H]5[C@H](O)[C@@H](O)[C@@H](O[C@H]6[C@H](O)[C@@H](O)[C@@H](O[C@H]7[C@H](O)[C@@H](O)[C@@H](O[C@H]1[C@H](O)[C@H]2O)O[C@@H]7CO)O[C@@H]6CO)O[C@@H]5CO)O[C@@H]4CO)O[C@@H]3CO. The summed E-state index contributed by atoms with van der Waals surface area (Å²) in [7, 11) is 0. The highest BCUT2D eigenvalue weighted by molar-refractivity contribution is 7.99. The normalized spacial score (nSPS) is 52.7. The lowest BCUT2D eigenvalue weighted by molar-refractivity contribution is -0.403. The number of thioether (sulfide) groups is 1.